The van der Waals surface area contributed by atoms with Crippen molar-refractivity contribution in [3.63, 3.8) is 0 Å². The lowest BCUT2D eigenvalue weighted by atomic mass is 10.1. The molecule has 1 amide bonds. The molecule has 7 heteroatoms. The van der Waals surface area contributed by atoms with E-state index in [9.17, 15) is 15.0 Å². The molecule has 3 atom stereocenters. The number of nitrogens with zero attached hydrogens (tertiary/aromatic N) is 1. The van der Waals surface area contributed by atoms with Gasteiger partial charge in [0.25, 0.3) is 5.91 Å². The molecule has 0 fully saturated rings. The fraction of sp³-hybridized carbons (Fsp3) is 0.333. The van der Waals surface area contributed by atoms with Gasteiger partial charge in [-0.05, 0) is 12.1 Å². The highest BCUT2D eigenvalue weighted by Crippen LogP contribution is 1.99. The Bertz CT molecular complexity index is 423. The molecule has 0 saturated carbocycles. The summed E-state index contributed by atoms with van der Waals surface area (Å²) in [6.07, 6.45) is -3.70. The average molecular weight is 268 g/mol. The number of hydrazone groups is 1. The molecule has 5 N–H and O–H groups in total. The summed E-state index contributed by atoms with van der Waals surface area (Å²) in [6.45, 7) is -0.692. The van der Waals surface area contributed by atoms with Crippen LogP contribution in [0.4, 0.5) is 0 Å². The van der Waals surface area contributed by atoms with Crippen LogP contribution >= 0.6 is 0 Å². The normalized spacial score (nSPS) is 16.0. The van der Waals surface area contributed by atoms with E-state index in [1.807, 2.05) is 0 Å². The maximum Gasteiger partial charge on any atom is 0.271 e. The fourth-order valence-corrected chi connectivity index (χ4v) is 1.25. The van der Waals surface area contributed by atoms with E-state index in [-0.39, 0.29) is 0 Å². The zero-order valence-corrected chi connectivity index (χ0v) is 10.0. The number of amides is 1. The number of hydrogen-bond donors (Lipinski definition) is 5. The third kappa shape index (κ3) is 4.76. The average Bonchev–Trinajstić information content (AvgIpc) is 2.46. The minimum atomic E-state index is -1.58. The van der Waals surface area contributed by atoms with Gasteiger partial charge >= 0.3 is 0 Å². The molecule has 0 radical (unpaired) electrons. The summed E-state index contributed by atoms with van der Waals surface area (Å²) in [4.78, 5) is 11.5. The highest BCUT2D eigenvalue weighted by molar-refractivity contribution is 5.94. The van der Waals surface area contributed by atoms with E-state index < -0.39 is 30.8 Å². The first kappa shape index (κ1) is 15.3. The van der Waals surface area contributed by atoms with Gasteiger partial charge in [0, 0.05) is 5.56 Å². The summed E-state index contributed by atoms with van der Waals surface area (Å²) in [5, 5.41) is 39.8. The number of carbonyl (C=O) groups is 1. The number of nitrogens with one attached hydrogen (secondary N) is 1. The first-order chi connectivity index (χ1) is 9.06. The molecule has 1 rings (SSSR count). The van der Waals surface area contributed by atoms with Crippen LogP contribution in [-0.4, -0.2) is 57.5 Å². The Hall–Kier alpha value is -1.80. The van der Waals surface area contributed by atoms with Crippen molar-refractivity contribution in [3.05, 3.63) is 35.9 Å². The largest absolute Gasteiger partial charge is 0.394 e. The molecule has 0 aliphatic rings. The van der Waals surface area contributed by atoms with Gasteiger partial charge in [-0.25, -0.2) is 5.43 Å². The molecule has 19 heavy (non-hydrogen) atoms. The molecule has 0 heterocycles. The van der Waals surface area contributed by atoms with Gasteiger partial charge in [-0.2, -0.15) is 5.10 Å². The fourth-order valence-electron chi connectivity index (χ4n) is 1.25. The summed E-state index contributed by atoms with van der Waals surface area (Å²) in [7, 11) is 0. The zero-order chi connectivity index (χ0) is 14.3. The van der Waals surface area contributed by atoms with E-state index in [0.717, 1.165) is 6.21 Å². The second-order valence-electron chi connectivity index (χ2n) is 3.82. The van der Waals surface area contributed by atoms with Gasteiger partial charge in [0.2, 0.25) is 0 Å². The van der Waals surface area contributed by atoms with Crippen LogP contribution in [0.5, 0.6) is 0 Å². The highest BCUT2D eigenvalue weighted by Gasteiger charge is 2.22. The highest BCUT2D eigenvalue weighted by atomic mass is 16.4. The van der Waals surface area contributed by atoms with Gasteiger partial charge in [-0.1, -0.05) is 18.2 Å². The molecular weight excluding hydrogens is 252 g/mol. The molecule has 0 aromatic heterocycles. The van der Waals surface area contributed by atoms with E-state index in [1.165, 1.54) is 0 Å². The number of aliphatic hydroxyl groups excluding tert-OH is 4. The first-order valence-corrected chi connectivity index (χ1v) is 5.60. The van der Waals surface area contributed by atoms with Crippen LogP contribution in [0.15, 0.2) is 35.4 Å². The summed E-state index contributed by atoms with van der Waals surface area (Å²) >= 11 is 0. The van der Waals surface area contributed by atoms with E-state index in [1.54, 1.807) is 30.3 Å². The predicted octanol–water partition coefficient (Wildman–Crippen LogP) is -1.52. The standard InChI is InChI=1S/C12H16N2O5/c15-7-10(17)11(18)9(16)6-13-14-12(19)8-4-2-1-3-5-8/h1-6,9-11,15-18H,7H2,(H,14,19)/t9-,10-,11+/m1/s1. The Morgan fingerprint density at radius 1 is 1.26 bits per heavy atom. The maximum absolute atomic E-state index is 11.5. The minimum absolute atomic E-state index is 0.394. The molecule has 1 aromatic rings. The molecule has 7 nitrogen and oxygen atoms in total. The van der Waals surface area contributed by atoms with E-state index >= 15 is 0 Å². The Labute approximate surface area is 109 Å². The molecule has 0 spiro atoms. The lowest BCUT2D eigenvalue weighted by Gasteiger charge is -2.17. The van der Waals surface area contributed by atoms with Crippen molar-refractivity contribution in [1.82, 2.24) is 5.43 Å². The number of rotatable bonds is 6. The van der Waals surface area contributed by atoms with Crippen molar-refractivity contribution in [2.75, 3.05) is 6.61 Å². The predicted molar refractivity (Wildman–Crippen MR) is 67.5 cm³/mol. The quantitative estimate of drug-likeness (QED) is 0.317. The second kappa shape index (κ2) is 7.59. The molecule has 104 valence electrons. The SMILES string of the molecule is O=C(NN=C[C@@H](O)[C@H](O)[C@H](O)CO)c1ccccc1. The summed E-state index contributed by atoms with van der Waals surface area (Å²) in [5.74, 6) is -0.471. The number of hydrogen-bond acceptors (Lipinski definition) is 6. The van der Waals surface area contributed by atoms with Gasteiger partial charge < -0.3 is 20.4 Å². The molecule has 1 aromatic carbocycles. The number of benzene rings is 1. The summed E-state index contributed by atoms with van der Waals surface area (Å²) < 4.78 is 0. The van der Waals surface area contributed by atoms with Crippen molar-refractivity contribution in [2.45, 2.75) is 18.3 Å². The van der Waals surface area contributed by atoms with E-state index in [4.69, 9.17) is 10.2 Å². The van der Waals surface area contributed by atoms with Crippen molar-refractivity contribution in [1.29, 1.82) is 0 Å². The van der Waals surface area contributed by atoms with Gasteiger partial charge in [-0.15, -0.1) is 0 Å². The smallest absolute Gasteiger partial charge is 0.271 e. The van der Waals surface area contributed by atoms with Crippen molar-refractivity contribution < 1.29 is 25.2 Å². The minimum Gasteiger partial charge on any atom is -0.394 e. The Kier molecular flexibility index (Phi) is 6.10. The van der Waals surface area contributed by atoms with E-state index in [0.29, 0.717) is 5.56 Å². The van der Waals surface area contributed by atoms with Crippen molar-refractivity contribution >= 4 is 12.1 Å². The summed E-state index contributed by atoms with van der Waals surface area (Å²) in [5.41, 5.74) is 2.55. The first-order valence-electron chi connectivity index (χ1n) is 5.60. The van der Waals surface area contributed by atoms with Gasteiger partial charge in [0.05, 0.1) is 12.8 Å². The number of aliphatic hydroxyl groups is 4. The Morgan fingerprint density at radius 2 is 1.89 bits per heavy atom. The van der Waals surface area contributed by atoms with Gasteiger partial charge in [-0.3, -0.25) is 4.79 Å². The lowest BCUT2D eigenvalue weighted by molar-refractivity contribution is -0.0542. The van der Waals surface area contributed by atoms with Crippen LogP contribution in [0.2, 0.25) is 0 Å². The van der Waals surface area contributed by atoms with Gasteiger partial charge in [0.15, 0.2) is 0 Å². The molecule has 0 unspecified atom stereocenters. The Balaban J connectivity index is 2.48. The lowest BCUT2D eigenvalue weighted by Crippen LogP contribution is -2.40. The van der Waals surface area contributed by atoms with Crippen molar-refractivity contribution in [2.24, 2.45) is 5.10 Å². The van der Waals surface area contributed by atoms with Gasteiger partial charge in [0.1, 0.15) is 18.3 Å². The third-order valence-electron chi connectivity index (χ3n) is 2.36. The van der Waals surface area contributed by atoms with E-state index in [2.05, 4.69) is 10.5 Å². The zero-order valence-electron chi connectivity index (χ0n) is 10.0. The van der Waals surface area contributed by atoms with Crippen LogP contribution in [0.1, 0.15) is 10.4 Å². The third-order valence-corrected chi connectivity index (χ3v) is 2.36. The van der Waals surface area contributed by atoms with Crippen LogP contribution in [-0.2, 0) is 0 Å². The molecule has 0 aliphatic heterocycles. The Morgan fingerprint density at radius 3 is 2.47 bits per heavy atom. The van der Waals surface area contributed by atoms with Crippen LogP contribution < -0.4 is 5.43 Å². The summed E-state index contributed by atoms with van der Waals surface area (Å²) in [6, 6.07) is 8.32. The monoisotopic (exact) mass is 268 g/mol. The number of carbonyl (C=O) groups excluding carboxylic acids is 1. The topological polar surface area (TPSA) is 122 Å². The van der Waals surface area contributed by atoms with Crippen LogP contribution in [0.3, 0.4) is 0 Å². The van der Waals surface area contributed by atoms with Crippen molar-refractivity contribution in [3.8, 4) is 0 Å². The van der Waals surface area contributed by atoms with Crippen LogP contribution in [0.25, 0.3) is 0 Å². The molecule has 0 bridgehead atoms. The molecule has 0 aliphatic carbocycles. The second-order valence-corrected chi connectivity index (χ2v) is 3.82. The maximum atomic E-state index is 11.5. The molecule has 0 saturated heterocycles. The molecular formula is C12H16N2O5. The van der Waals surface area contributed by atoms with Crippen LogP contribution in [0, 0.1) is 0 Å².